The number of hydrogen-bond acceptors (Lipinski definition) is 3. The Labute approximate surface area is 85.8 Å². The summed E-state index contributed by atoms with van der Waals surface area (Å²) in [6.07, 6.45) is 2.61. The first-order valence-electron chi connectivity index (χ1n) is 4.99. The van der Waals surface area contributed by atoms with Crippen molar-refractivity contribution in [3.63, 3.8) is 0 Å². The molecule has 0 saturated heterocycles. The van der Waals surface area contributed by atoms with E-state index in [0.717, 1.165) is 0 Å². The Balaban J connectivity index is 3.83. The van der Waals surface area contributed by atoms with E-state index in [-0.39, 0.29) is 18.2 Å². The minimum atomic E-state index is -0.334. The van der Waals surface area contributed by atoms with Crippen molar-refractivity contribution in [1.82, 2.24) is 0 Å². The first-order chi connectivity index (χ1) is 6.47. The summed E-state index contributed by atoms with van der Waals surface area (Å²) in [5.41, 5.74) is 0.619. The second-order valence-electron chi connectivity index (χ2n) is 3.61. The number of rotatable bonds is 5. The Morgan fingerprint density at radius 3 is 2.43 bits per heavy atom. The van der Waals surface area contributed by atoms with Crippen molar-refractivity contribution in [2.24, 2.45) is 0 Å². The van der Waals surface area contributed by atoms with Crippen LogP contribution in [0.4, 0.5) is 0 Å². The fourth-order valence-electron chi connectivity index (χ4n) is 0.928. The fourth-order valence-corrected chi connectivity index (χ4v) is 0.928. The number of aliphatic hydroxyl groups is 1. The van der Waals surface area contributed by atoms with Crippen LogP contribution in [0.1, 0.15) is 40.5 Å². The van der Waals surface area contributed by atoms with Crippen LogP contribution in [-0.4, -0.2) is 23.3 Å². The predicted molar refractivity (Wildman–Crippen MR) is 55.9 cm³/mol. The van der Waals surface area contributed by atoms with Gasteiger partial charge in [-0.2, -0.15) is 0 Å². The van der Waals surface area contributed by atoms with Crippen molar-refractivity contribution >= 4 is 5.97 Å². The van der Waals surface area contributed by atoms with Gasteiger partial charge in [-0.25, -0.2) is 4.79 Å². The molecule has 0 fully saturated rings. The molecule has 1 N–H and O–H groups in total. The lowest BCUT2D eigenvalue weighted by atomic mass is 10.1. The Bertz CT molecular complexity index is 207. The summed E-state index contributed by atoms with van der Waals surface area (Å²) < 4.78 is 5.14. The van der Waals surface area contributed by atoms with Crippen LogP contribution in [0.5, 0.6) is 0 Å². The molecule has 0 aromatic carbocycles. The number of hydrogen-bond donors (Lipinski definition) is 1. The standard InChI is InChI=1S/C11H20O3/c1-5-8(2)11(13)14-10(4)7-6-9(3)12/h5,9-10,12H,6-7H2,1-4H3. The van der Waals surface area contributed by atoms with Gasteiger partial charge in [0.2, 0.25) is 0 Å². The summed E-state index contributed by atoms with van der Waals surface area (Å²) in [4.78, 5) is 11.3. The van der Waals surface area contributed by atoms with Gasteiger partial charge < -0.3 is 9.84 Å². The van der Waals surface area contributed by atoms with Crippen LogP contribution >= 0.6 is 0 Å². The van der Waals surface area contributed by atoms with Gasteiger partial charge in [0, 0.05) is 5.57 Å². The maximum Gasteiger partial charge on any atom is 0.333 e. The number of ether oxygens (including phenoxy) is 1. The molecule has 2 atom stereocenters. The molecule has 0 bridgehead atoms. The molecule has 0 aliphatic carbocycles. The molecule has 3 nitrogen and oxygen atoms in total. The molecule has 0 aliphatic heterocycles. The van der Waals surface area contributed by atoms with Crippen LogP contribution in [0.25, 0.3) is 0 Å². The molecule has 3 heteroatoms. The highest BCUT2D eigenvalue weighted by Gasteiger charge is 2.11. The highest BCUT2D eigenvalue weighted by molar-refractivity contribution is 5.87. The van der Waals surface area contributed by atoms with Crippen LogP contribution in [-0.2, 0) is 9.53 Å². The molecule has 0 heterocycles. The van der Waals surface area contributed by atoms with Crippen LogP contribution in [0.15, 0.2) is 11.6 Å². The maximum atomic E-state index is 11.3. The van der Waals surface area contributed by atoms with Crippen molar-refractivity contribution in [3.05, 3.63) is 11.6 Å². The molecule has 0 spiro atoms. The topological polar surface area (TPSA) is 46.5 Å². The summed E-state index contributed by atoms with van der Waals surface area (Å²) in [6.45, 7) is 7.09. The van der Waals surface area contributed by atoms with Crippen molar-refractivity contribution in [1.29, 1.82) is 0 Å². The zero-order chi connectivity index (χ0) is 11.1. The third kappa shape index (κ3) is 5.75. The SMILES string of the molecule is CC=C(C)C(=O)OC(C)CCC(C)O. The predicted octanol–water partition coefficient (Wildman–Crippen LogP) is 2.05. The van der Waals surface area contributed by atoms with Gasteiger partial charge in [0.25, 0.3) is 0 Å². The Kier molecular flexibility index (Phi) is 6.21. The number of carbonyl (C=O) groups is 1. The monoisotopic (exact) mass is 200 g/mol. The average molecular weight is 200 g/mol. The molecule has 0 rings (SSSR count). The average Bonchev–Trinajstić information content (AvgIpc) is 2.13. The highest BCUT2D eigenvalue weighted by Crippen LogP contribution is 2.07. The smallest absolute Gasteiger partial charge is 0.333 e. The Hall–Kier alpha value is -0.830. The molecule has 82 valence electrons. The normalized spacial score (nSPS) is 16.2. The number of allylic oxidation sites excluding steroid dienone is 1. The van der Waals surface area contributed by atoms with Crippen molar-refractivity contribution in [2.45, 2.75) is 52.7 Å². The van der Waals surface area contributed by atoms with Crippen molar-refractivity contribution in [3.8, 4) is 0 Å². The summed E-state index contributed by atoms with van der Waals surface area (Å²) in [6, 6.07) is 0. The second-order valence-corrected chi connectivity index (χ2v) is 3.61. The molecular formula is C11H20O3. The Morgan fingerprint density at radius 1 is 1.43 bits per heavy atom. The van der Waals surface area contributed by atoms with Crippen molar-refractivity contribution in [2.75, 3.05) is 0 Å². The van der Waals surface area contributed by atoms with E-state index < -0.39 is 0 Å². The summed E-state index contributed by atoms with van der Waals surface area (Å²) in [5.74, 6) is -0.273. The molecule has 0 amide bonds. The van der Waals surface area contributed by atoms with Gasteiger partial charge in [-0.05, 0) is 40.5 Å². The summed E-state index contributed by atoms with van der Waals surface area (Å²) >= 11 is 0. The van der Waals surface area contributed by atoms with E-state index in [0.29, 0.717) is 18.4 Å². The molecule has 2 unspecified atom stereocenters. The maximum absolute atomic E-state index is 11.3. The zero-order valence-corrected chi connectivity index (χ0v) is 9.41. The molecular weight excluding hydrogens is 180 g/mol. The van der Waals surface area contributed by atoms with E-state index in [1.165, 1.54) is 0 Å². The van der Waals surface area contributed by atoms with E-state index in [1.807, 2.05) is 6.92 Å². The van der Waals surface area contributed by atoms with Crippen LogP contribution in [0.2, 0.25) is 0 Å². The first kappa shape index (κ1) is 13.2. The lowest BCUT2D eigenvalue weighted by molar-refractivity contribution is -0.143. The third-order valence-electron chi connectivity index (χ3n) is 2.05. The number of carbonyl (C=O) groups excluding carboxylic acids is 1. The van der Waals surface area contributed by atoms with E-state index in [4.69, 9.17) is 9.84 Å². The number of esters is 1. The minimum Gasteiger partial charge on any atom is -0.459 e. The lowest BCUT2D eigenvalue weighted by Crippen LogP contribution is -2.17. The van der Waals surface area contributed by atoms with Crippen LogP contribution < -0.4 is 0 Å². The van der Waals surface area contributed by atoms with Crippen molar-refractivity contribution < 1.29 is 14.6 Å². The fraction of sp³-hybridized carbons (Fsp3) is 0.727. The third-order valence-corrected chi connectivity index (χ3v) is 2.05. The van der Waals surface area contributed by atoms with E-state index >= 15 is 0 Å². The summed E-state index contributed by atoms with van der Waals surface area (Å²) in [7, 11) is 0. The van der Waals surface area contributed by atoms with Crippen LogP contribution in [0.3, 0.4) is 0 Å². The van der Waals surface area contributed by atoms with E-state index in [9.17, 15) is 4.79 Å². The quantitative estimate of drug-likeness (QED) is 0.545. The first-order valence-corrected chi connectivity index (χ1v) is 4.99. The molecule has 0 aromatic rings. The number of aliphatic hydroxyl groups excluding tert-OH is 1. The van der Waals surface area contributed by atoms with Gasteiger partial charge in [-0.3, -0.25) is 0 Å². The minimum absolute atomic E-state index is 0.132. The van der Waals surface area contributed by atoms with Gasteiger partial charge in [0.1, 0.15) is 0 Å². The zero-order valence-electron chi connectivity index (χ0n) is 9.41. The summed E-state index contributed by atoms with van der Waals surface area (Å²) in [5, 5.41) is 9.04. The molecule has 14 heavy (non-hydrogen) atoms. The molecule has 0 aliphatic rings. The lowest BCUT2D eigenvalue weighted by Gasteiger charge is -2.14. The van der Waals surface area contributed by atoms with Gasteiger partial charge in [0.15, 0.2) is 0 Å². The largest absolute Gasteiger partial charge is 0.459 e. The highest BCUT2D eigenvalue weighted by atomic mass is 16.5. The Morgan fingerprint density at radius 2 is 2.00 bits per heavy atom. The molecule has 0 radical (unpaired) electrons. The molecule has 0 saturated carbocycles. The van der Waals surface area contributed by atoms with Crippen LogP contribution in [0, 0.1) is 0 Å². The van der Waals surface area contributed by atoms with Gasteiger partial charge >= 0.3 is 5.97 Å². The van der Waals surface area contributed by atoms with Gasteiger partial charge in [0.05, 0.1) is 12.2 Å². The molecule has 0 aromatic heterocycles. The van der Waals surface area contributed by atoms with E-state index in [2.05, 4.69) is 0 Å². The van der Waals surface area contributed by atoms with Gasteiger partial charge in [-0.1, -0.05) is 6.08 Å². The second kappa shape index (κ2) is 6.60. The van der Waals surface area contributed by atoms with E-state index in [1.54, 1.807) is 26.8 Å². The van der Waals surface area contributed by atoms with Gasteiger partial charge in [-0.15, -0.1) is 0 Å².